The number of carboxylic acids is 1. The summed E-state index contributed by atoms with van der Waals surface area (Å²) in [5.41, 5.74) is 5.03. The second kappa shape index (κ2) is 9.07. The SMILES string of the molecule is C[C@@]1(c2cn(CC(=O)O)nn2)C(=O)Nc2nc(-c3nn(CCC(F)(F)C(F)(F)F)c4cc(Cl)ccc34)nc(N)c21. The molecule has 3 aromatic heterocycles. The van der Waals surface area contributed by atoms with Crippen LogP contribution in [0.5, 0.6) is 0 Å². The summed E-state index contributed by atoms with van der Waals surface area (Å²) in [6.07, 6.45) is -6.05. The Balaban J connectivity index is 1.57. The largest absolute Gasteiger partial charge is 0.480 e. The normalized spacial score (nSPS) is 17.3. The molecule has 210 valence electrons. The molecule has 18 heteroatoms. The maximum atomic E-state index is 13.6. The fraction of sp³-hybridized carbons (Fsp3) is 0.318. The van der Waals surface area contributed by atoms with Crippen molar-refractivity contribution in [2.75, 3.05) is 11.1 Å². The van der Waals surface area contributed by atoms with Crippen LogP contribution < -0.4 is 11.1 Å². The Labute approximate surface area is 224 Å². The Kier molecular flexibility index (Phi) is 6.16. The van der Waals surface area contributed by atoms with E-state index < -0.39 is 48.9 Å². The molecule has 40 heavy (non-hydrogen) atoms. The summed E-state index contributed by atoms with van der Waals surface area (Å²) < 4.78 is 67.4. The molecule has 0 spiro atoms. The average Bonchev–Trinajstić information content (AvgIpc) is 3.52. The monoisotopic (exact) mass is 585 g/mol. The Morgan fingerprint density at radius 3 is 2.62 bits per heavy atom. The highest BCUT2D eigenvalue weighted by atomic mass is 35.5. The molecule has 1 amide bonds. The minimum atomic E-state index is -5.74. The number of rotatable bonds is 7. The molecular formula is C22H17ClF5N9O3. The first kappa shape index (κ1) is 27.2. The number of aryl methyl sites for hydroxylation is 1. The van der Waals surface area contributed by atoms with Crippen LogP contribution in [0.1, 0.15) is 24.6 Å². The molecule has 1 aliphatic rings. The quantitative estimate of drug-likeness (QED) is 0.276. The number of benzene rings is 1. The lowest BCUT2D eigenvalue weighted by atomic mass is 9.81. The number of carboxylic acid groups (broad SMARTS) is 1. The van der Waals surface area contributed by atoms with E-state index in [1.165, 1.54) is 31.3 Å². The highest BCUT2D eigenvalue weighted by Crippen LogP contribution is 2.45. The van der Waals surface area contributed by atoms with Gasteiger partial charge < -0.3 is 16.2 Å². The Morgan fingerprint density at radius 1 is 1.23 bits per heavy atom. The summed E-state index contributed by atoms with van der Waals surface area (Å²) in [5.74, 6) is -7.11. The first-order valence-electron chi connectivity index (χ1n) is 11.3. The number of carbonyl (C=O) groups is 2. The van der Waals surface area contributed by atoms with E-state index >= 15 is 0 Å². The second-order valence-electron chi connectivity index (χ2n) is 9.12. The maximum absolute atomic E-state index is 13.6. The van der Waals surface area contributed by atoms with Gasteiger partial charge in [0, 0.05) is 23.4 Å². The number of halogens is 6. The first-order chi connectivity index (χ1) is 18.6. The van der Waals surface area contributed by atoms with E-state index in [-0.39, 0.29) is 50.3 Å². The lowest BCUT2D eigenvalue weighted by Gasteiger charge is -2.19. The zero-order chi connectivity index (χ0) is 29.2. The van der Waals surface area contributed by atoms with Gasteiger partial charge in [-0.25, -0.2) is 14.6 Å². The molecule has 0 fully saturated rings. The Hall–Kier alpha value is -4.41. The summed E-state index contributed by atoms with van der Waals surface area (Å²) >= 11 is 6.03. The molecule has 5 rings (SSSR count). The highest BCUT2D eigenvalue weighted by Gasteiger charge is 2.57. The van der Waals surface area contributed by atoms with Crippen molar-refractivity contribution in [3.05, 3.63) is 40.7 Å². The number of fused-ring (bicyclic) bond motifs is 2. The van der Waals surface area contributed by atoms with E-state index in [9.17, 15) is 31.5 Å². The van der Waals surface area contributed by atoms with Crippen LogP contribution in [0.3, 0.4) is 0 Å². The van der Waals surface area contributed by atoms with Gasteiger partial charge in [-0.3, -0.25) is 14.3 Å². The molecule has 1 aliphatic heterocycles. The number of aliphatic carboxylic acids is 1. The maximum Gasteiger partial charge on any atom is 0.453 e. The number of aromatic nitrogens is 7. The molecule has 4 aromatic rings. The zero-order valence-electron chi connectivity index (χ0n) is 20.2. The lowest BCUT2D eigenvalue weighted by Crippen LogP contribution is -2.37. The van der Waals surface area contributed by atoms with Crippen LogP contribution in [0.2, 0.25) is 5.02 Å². The van der Waals surface area contributed by atoms with Crippen LogP contribution in [0.4, 0.5) is 33.6 Å². The molecule has 4 heterocycles. The summed E-state index contributed by atoms with van der Waals surface area (Å²) in [4.78, 5) is 32.7. The van der Waals surface area contributed by atoms with E-state index in [0.717, 1.165) is 9.36 Å². The number of nitrogens with one attached hydrogen (secondary N) is 1. The van der Waals surface area contributed by atoms with Crippen molar-refractivity contribution in [1.29, 1.82) is 0 Å². The van der Waals surface area contributed by atoms with Crippen molar-refractivity contribution in [2.45, 2.75) is 43.9 Å². The van der Waals surface area contributed by atoms with Gasteiger partial charge in [-0.2, -0.15) is 27.1 Å². The van der Waals surface area contributed by atoms with Crippen LogP contribution in [0, 0.1) is 0 Å². The van der Waals surface area contributed by atoms with Crippen molar-refractivity contribution in [2.24, 2.45) is 0 Å². The first-order valence-corrected chi connectivity index (χ1v) is 11.7. The summed E-state index contributed by atoms with van der Waals surface area (Å²) in [7, 11) is 0. The van der Waals surface area contributed by atoms with Crippen molar-refractivity contribution in [1.82, 2.24) is 34.7 Å². The standard InChI is InChI=1S/C22H17ClF5N9O3/c1-20(12-7-36(35-33-12)8-13(38)39)14-16(29)30-18(31-17(14)32-19(20)40)15-10-3-2-9(23)6-11(10)37(34-15)5-4-21(24,25)22(26,27)28/h2-3,6-7H,4-5,8H2,1H3,(H,38,39)(H3,29,30,31,32,40)/t20-/m0/s1. The number of anilines is 2. The van der Waals surface area contributed by atoms with E-state index in [2.05, 4.69) is 30.7 Å². The number of nitrogens with two attached hydrogens (primary N) is 1. The molecule has 1 atom stereocenters. The molecule has 0 aliphatic carbocycles. The molecule has 0 unspecified atom stereocenters. The number of alkyl halides is 5. The predicted molar refractivity (Wildman–Crippen MR) is 129 cm³/mol. The van der Waals surface area contributed by atoms with Gasteiger partial charge in [0.2, 0.25) is 5.91 Å². The third-order valence-corrected chi connectivity index (χ3v) is 6.68. The third kappa shape index (κ3) is 4.35. The van der Waals surface area contributed by atoms with E-state index in [4.69, 9.17) is 22.4 Å². The molecule has 0 saturated heterocycles. The van der Waals surface area contributed by atoms with E-state index in [0.29, 0.717) is 0 Å². The number of hydrogen-bond donors (Lipinski definition) is 3. The van der Waals surface area contributed by atoms with Crippen LogP contribution in [0.15, 0.2) is 24.4 Å². The van der Waals surface area contributed by atoms with Gasteiger partial charge >= 0.3 is 18.1 Å². The zero-order valence-corrected chi connectivity index (χ0v) is 20.9. The highest BCUT2D eigenvalue weighted by molar-refractivity contribution is 6.31. The average molecular weight is 586 g/mol. The van der Waals surface area contributed by atoms with Crippen molar-refractivity contribution >= 4 is 46.0 Å². The van der Waals surface area contributed by atoms with Crippen LogP contribution >= 0.6 is 11.6 Å². The van der Waals surface area contributed by atoms with Crippen LogP contribution in [0.25, 0.3) is 22.4 Å². The molecule has 0 radical (unpaired) electrons. The fourth-order valence-corrected chi connectivity index (χ4v) is 4.54. The van der Waals surface area contributed by atoms with Crippen LogP contribution in [-0.2, 0) is 28.1 Å². The van der Waals surface area contributed by atoms with Crippen molar-refractivity contribution < 1.29 is 36.6 Å². The molecule has 0 bridgehead atoms. The molecule has 4 N–H and O–H groups in total. The Bertz CT molecular complexity index is 1690. The number of carbonyl (C=O) groups excluding carboxylic acids is 1. The topological polar surface area (TPSA) is 167 Å². The van der Waals surface area contributed by atoms with Gasteiger partial charge in [-0.05, 0) is 25.1 Å². The van der Waals surface area contributed by atoms with Crippen molar-refractivity contribution in [3.63, 3.8) is 0 Å². The van der Waals surface area contributed by atoms with Gasteiger partial charge in [0.05, 0.1) is 17.3 Å². The Morgan fingerprint density at radius 2 is 1.95 bits per heavy atom. The predicted octanol–water partition coefficient (Wildman–Crippen LogP) is 3.25. The summed E-state index contributed by atoms with van der Waals surface area (Å²) in [6, 6.07) is 4.27. The number of nitrogens with zero attached hydrogens (tertiary/aromatic N) is 7. The smallest absolute Gasteiger partial charge is 0.453 e. The minimum absolute atomic E-state index is 0.00764. The summed E-state index contributed by atoms with van der Waals surface area (Å²) in [5, 5.41) is 23.8. The molecule has 12 nitrogen and oxygen atoms in total. The van der Waals surface area contributed by atoms with Crippen LogP contribution in [-0.4, -0.2) is 63.8 Å². The molecule has 1 aromatic carbocycles. The lowest BCUT2D eigenvalue weighted by molar-refractivity contribution is -0.285. The number of amides is 1. The summed E-state index contributed by atoms with van der Waals surface area (Å²) in [6.45, 7) is 0.150. The van der Waals surface area contributed by atoms with Crippen molar-refractivity contribution in [3.8, 4) is 11.5 Å². The molecule has 0 saturated carbocycles. The number of nitrogen functional groups attached to an aromatic ring is 1. The minimum Gasteiger partial charge on any atom is -0.480 e. The van der Waals surface area contributed by atoms with Gasteiger partial charge in [0.25, 0.3) is 0 Å². The number of hydrogen-bond acceptors (Lipinski definition) is 8. The second-order valence-corrected chi connectivity index (χ2v) is 9.55. The van der Waals surface area contributed by atoms with Gasteiger partial charge in [-0.1, -0.05) is 16.8 Å². The van der Waals surface area contributed by atoms with Gasteiger partial charge in [0.15, 0.2) is 5.82 Å². The molecular weight excluding hydrogens is 569 g/mol. The van der Waals surface area contributed by atoms with Gasteiger partial charge in [0.1, 0.15) is 35.0 Å². The van der Waals surface area contributed by atoms with E-state index in [1.807, 2.05) is 0 Å². The fourth-order valence-electron chi connectivity index (χ4n) is 4.37. The third-order valence-electron chi connectivity index (χ3n) is 6.45. The van der Waals surface area contributed by atoms with Gasteiger partial charge in [-0.15, -0.1) is 5.10 Å². The van der Waals surface area contributed by atoms with E-state index in [1.54, 1.807) is 0 Å².